The molecule has 1 amide bonds. The maximum Gasteiger partial charge on any atom is 0.223 e. The average Bonchev–Trinajstić information content (AvgIpc) is 2.54. The summed E-state index contributed by atoms with van der Waals surface area (Å²) < 4.78 is 5.41. The molecular weight excluding hydrogens is 300 g/mol. The minimum Gasteiger partial charge on any atom is -0.384 e. The summed E-state index contributed by atoms with van der Waals surface area (Å²) in [7, 11) is 1.76. The molecule has 1 saturated carbocycles. The lowest BCUT2D eigenvalue weighted by atomic mass is 9.78. The number of methoxy groups -OCH3 is 1. The molecule has 0 atom stereocenters. The molecule has 0 bridgehead atoms. The molecule has 0 aromatic rings. The van der Waals surface area contributed by atoms with Gasteiger partial charge in [0.1, 0.15) is 0 Å². The number of ether oxygens (including phenoxy) is 1. The van der Waals surface area contributed by atoms with E-state index in [1.165, 1.54) is 19.3 Å². The number of amides is 1. The summed E-state index contributed by atoms with van der Waals surface area (Å²) in [5.41, 5.74) is 0.135. The fraction of sp³-hybridized carbons (Fsp3) is 0.941. The van der Waals surface area contributed by atoms with Crippen molar-refractivity contribution >= 4 is 18.3 Å². The Morgan fingerprint density at radius 2 is 1.86 bits per heavy atom. The topological polar surface area (TPSA) is 50.4 Å². The molecule has 0 aromatic carbocycles. The fourth-order valence-electron chi connectivity index (χ4n) is 3.89. The van der Waals surface area contributed by atoms with Crippen molar-refractivity contribution in [1.82, 2.24) is 10.6 Å². The lowest BCUT2D eigenvalue weighted by Gasteiger charge is -2.37. The van der Waals surface area contributed by atoms with Crippen LogP contribution in [0, 0.1) is 17.3 Å². The largest absolute Gasteiger partial charge is 0.384 e. The number of carbonyl (C=O) groups excluding carboxylic acids is 1. The predicted molar refractivity (Wildman–Crippen MR) is 92.4 cm³/mol. The van der Waals surface area contributed by atoms with Gasteiger partial charge in [0.15, 0.2) is 0 Å². The van der Waals surface area contributed by atoms with Gasteiger partial charge in [-0.15, -0.1) is 12.4 Å². The Balaban J connectivity index is 0.00000242. The van der Waals surface area contributed by atoms with E-state index >= 15 is 0 Å². The van der Waals surface area contributed by atoms with Crippen LogP contribution in [0.4, 0.5) is 0 Å². The van der Waals surface area contributed by atoms with Crippen LogP contribution in [-0.4, -0.2) is 39.3 Å². The van der Waals surface area contributed by atoms with Crippen molar-refractivity contribution < 1.29 is 9.53 Å². The van der Waals surface area contributed by atoms with Gasteiger partial charge in [-0.25, -0.2) is 0 Å². The number of nitrogens with one attached hydrogen (secondary N) is 2. The molecule has 2 aliphatic rings. The third-order valence-corrected chi connectivity index (χ3v) is 5.55. The van der Waals surface area contributed by atoms with Gasteiger partial charge in [0.2, 0.25) is 5.91 Å². The minimum absolute atomic E-state index is 0. The molecule has 0 radical (unpaired) electrons. The number of hydrogen-bond acceptors (Lipinski definition) is 3. The summed E-state index contributed by atoms with van der Waals surface area (Å²) in [5.74, 6) is 1.37. The zero-order valence-corrected chi connectivity index (χ0v) is 15.0. The molecule has 0 spiro atoms. The van der Waals surface area contributed by atoms with Crippen LogP contribution in [0.3, 0.4) is 0 Å². The number of piperidine rings is 1. The standard InChI is InChI=1S/C17H32N2O2.ClH/c1-3-14-4-6-15(7-5-14)16(20)19-12-17(13-21-2)8-10-18-11-9-17;/h14-15,18H,3-13H2,1-2H3,(H,19,20);1H. The molecule has 1 saturated heterocycles. The Labute approximate surface area is 141 Å². The molecule has 4 nitrogen and oxygen atoms in total. The summed E-state index contributed by atoms with van der Waals surface area (Å²) in [6.07, 6.45) is 8.03. The molecular formula is C17H33ClN2O2. The highest BCUT2D eigenvalue weighted by atomic mass is 35.5. The molecule has 2 rings (SSSR count). The van der Waals surface area contributed by atoms with Crippen LogP contribution in [-0.2, 0) is 9.53 Å². The zero-order chi connectivity index (χ0) is 15.1. The van der Waals surface area contributed by atoms with Gasteiger partial charge >= 0.3 is 0 Å². The van der Waals surface area contributed by atoms with E-state index in [-0.39, 0.29) is 29.6 Å². The minimum atomic E-state index is 0. The van der Waals surface area contributed by atoms with E-state index in [1.807, 2.05) is 0 Å². The number of carbonyl (C=O) groups is 1. The van der Waals surface area contributed by atoms with Crippen molar-refractivity contribution in [3.8, 4) is 0 Å². The van der Waals surface area contributed by atoms with Gasteiger partial charge in [-0.1, -0.05) is 13.3 Å². The Morgan fingerprint density at radius 3 is 2.41 bits per heavy atom. The maximum absolute atomic E-state index is 12.4. The first-order valence-corrected chi connectivity index (χ1v) is 8.66. The molecule has 2 fully saturated rings. The quantitative estimate of drug-likeness (QED) is 0.786. The zero-order valence-electron chi connectivity index (χ0n) is 14.2. The second-order valence-corrected chi connectivity index (χ2v) is 7.03. The maximum atomic E-state index is 12.4. The van der Waals surface area contributed by atoms with E-state index in [0.717, 1.165) is 57.8 Å². The molecule has 1 aliphatic heterocycles. The van der Waals surface area contributed by atoms with Crippen LogP contribution in [0.25, 0.3) is 0 Å². The lowest BCUT2D eigenvalue weighted by Crippen LogP contribution is -2.48. The van der Waals surface area contributed by atoms with Gasteiger partial charge in [-0.05, 0) is 57.5 Å². The molecule has 0 aromatic heterocycles. The molecule has 5 heteroatoms. The van der Waals surface area contributed by atoms with E-state index in [0.29, 0.717) is 0 Å². The van der Waals surface area contributed by atoms with Gasteiger partial charge in [-0.2, -0.15) is 0 Å². The van der Waals surface area contributed by atoms with Crippen molar-refractivity contribution in [2.24, 2.45) is 17.3 Å². The summed E-state index contributed by atoms with van der Waals surface area (Å²) in [5, 5.41) is 6.63. The van der Waals surface area contributed by atoms with Gasteiger partial charge in [0, 0.05) is 25.0 Å². The van der Waals surface area contributed by atoms with Crippen LogP contribution >= 0.6 is 12.4 Å². The van der Waals surface area contributed by atoms with Gasteiger partial charge in [0.05, 0.1) is 6.61 Å². The first-order valence-electron chi connectivity index (χ1n) is 8.66. The monoisotopic (exact) mass is 332 g/mol. The summed E-state index contributed by atoms with van der Waals surface area (Å²) >= 11 is 0. The number of rotatable bonds is 6. The second-order valence-electron chi connectivity index (χ2n) is 7.03. The van der Waals surface area contributed by atoms with Crippen molar-refractivity contribution in [2.75, 3.05) is 33.4 Å². The molecule has 22 heavy (non-hydrogen) atoms. The SMILES string of the molecule is CCC1CCC(C(=O)NCC2(COC)CCNCC2)CC1.Cl. The van der Waals surface area contributed by atoms with Gasteiger partial charge < -0.3 is 15.4 Å². The Morgan fingerprint density at radius 1 is 1.23 bits per heavy atom. The van der Waals surface area contributed by atoms with Crippen molar-refractivity contribution in [3.63, 3.8) is 0 Å². The van der Waals surface area contributed by atoms with Crippen LogP contribution in [0.1, 0.15) is 51.9 Å². The molecule has 2 N–H and O–H groups in total. The fourth-order valence-corrected chi connectivity index (χ4v) is 3.89. The molecule has 130 valence electrons. The Bertz CT molecular complexity index is 319. The third kappa shape index (κ3) is 5.39. The second kappa shape index (κ2) is 9.74. The summed E-state index contributed by atoms with van der Waals surface area (Å²) in [6.45, 7) is 5.84. The lowest BCUT2D eigenvalue weighted by molar-refractivity contribution is -0.127. The highest BCUT2D eigenvalue weighted by molar-refractivity contribution is 5.85. The highest BCUT2D eigenvalue weighted by Crippen LogP contribution is 2.32. The molecule has 1 heterocycles. The average molecular weight is 333 g/mol. The van der Waals surface area contributed by atoms with E-state index in [9.17, 15) is 4.79 Å². The third-order valence-electron chi connectivity index (χ3n) is 5.55. The summed E-state index contributed by atoms with van der Waals surface area (Å²) in [6, 6.07) is 0. The first kappa shape index (κ1) is 19.7. The smallest absolute Gasteiger partial charge is 0.223 e. The normalized spacial score (nSPS) is 27.7. The van der Waals surface area contributed by atoms with Crippen molar-refractivity contribution in [2.45, 2.75) is 51.9 Å². The predicted octanol–water partition coefficient (Wildman–Crippen LogP) is 2.76. The Kier molecular flexibility index (Phi) is 8.73. The van der Waals surface area contributed by atoms with E-state index < -0.39 is 0 Å². The Hall–Kier alpha value is -0.320. The first-order chi connectivity index (χ1) is 10.2. The van der Waals surface area contributed by atoms with E-state index in [2.05, 4.69) is 17.6 Å². The van der Waals surface area contributed by atoms with Crippen LogP contribution in [0.2, 0.25) is 0 Å². The van der Waals surface area contributed by atoms with Crippen LogP contribution in [0.5, 0.6) is 0 Å². The van der Waals surface area contributed by atoms with E-state index in [4.69, 9.17) is 4.74 Å². The van der Waals surface area contributed by atoms with Crippen molar-refractivity contribution in [3.05, 3.63) is 0 Å². The van der Waals surface area contributed by atoms with Crippen LogP contribution in [0.15, 0.2) is 0 Å². The van der Waals surface area contributed by atoms with E-state index in [1.54, 1.807) is 7.11 Å². The molecule has 1 aliphatic carbocycles. The van der Waals surface area contributed by atoms with Crippen molar-refractivity contribution in [1.29, 1.82) is 0 Å². The molecule has 0 unspecified atom stereocenters. The van der Waals surface area contributed by atoms with Gasteiger partial charge in [0.25, 0.3) is 0 Å². The van der Waals surface area contributed by atoms with Gasteiger partial charge in [-0.3, -0.25) is 4.79 Å². The highest BCUT2D eigenvalue weighted by Gasteiger charge is 2.33. The number of hydrogen-bond donors (Lipinski definition) is 2. The summed E-state index contributed by atoms with van der Waals surface area (Å²) in [4.78, 5) is 12.4. The van der Waals surface area contributed by atoms with Crippen LogP contribution < -0.4 is 10.6 Å². The number of halogens is 1.